The number of hydrogen-bond donors (Lipinski definition) is 2. The van der Waals surface area contributed by atoms with Gasteiger partial charge < -0.3 is 5.32 Å². The van der Waals surface area contributed by atoms with Crippen LogP contribution in [0.4, 0.5) is 19.0 Å². The zero-order valence-electron chi connectivity index (χ0n) is 13.5. The molecule has 2 aromatic rings. The van der Waals surface area contributed by atoms with Crippen LogP contribution in [0.15, 0.2) is 24.3 Å². The molecule has 1 heterocycles. The first-order valence-corrected chi connectivity index (χ1v) is 8.46. The summed E-state index contributed by atoms with van der Waals surface area (Å²) < 4.78 is 39.1. The Morgan fingerprint density at radius 2 is 1.88 bits per heavy atom. The van der Waals surface area contributed by atoms with Crippen molar-refractivity contribution in [3.63, 3.8) is 0 Å². The second-order valence-corrected chi connectivity index (χ2v) is 6.95. The van der Waals surface area contributed by atoms with Crippen molar-refractivity contribution in [2.24, 2.45) is 5.92 Å². The van der Waals surface area contributed by atoms with E-state index in [2.05, 4.69) is 15.5 Å². The number of carbonyl (C=O) groups is 1. The molecule has 0 radical (unpaired) electrons. The molecule has 0 aliphatic heterocycles. The largest absolute Gasteiger partial charge is 0.309 e. The van der Waals surface area contributed by atoms with Crippen molar-refractivity contribution in [2.45, 2.75) is 43.9 Å². The Labute approximate surface area is 142 Å². The summed E-state index contributed by atoms with van der Waals surface area (Å²) in [5, 5.41) is 9.83. The summed E-state index contributed by atoms with van der Waals surface area (Å²) in [6, 6.07) is 6.05. The summed E-state index contributed by atoms with van der Waals surface area (Å²) in [6.45, 7) is 0. The highest BCUT2D eigenvalue weighted by Crippen LogP contribution is 2.45. The van der Waals surface area contributed by atoms with Crippen LogP contribution < -0.4 is 5.32 Å². The molecule has 2 saturated carbocycles. The summed E-state index contributed by atoms with van der Waals surface area (Å²) >= 11 is 0. The molecule has 0 spiro atoms. The molecule has 2 aliphatic carbocycles. The van der Waals surface area contributed by atoms with Crippen LogP contribution in [0, 0.1) is 11.7 Å². The van der Waals surface area contributed by atoms with Crippen LogP contribution in [0.5, 0.6) is 0 Å². The summed E-state index contributed by atoms with van der Waals surface area (Å²) in [5.41, 5.74) is 2.42. The van der Waals surface area contributed by atoms with Gasteiger partial charge in [-0.1, -0.05) is 6.42 Å². The molecule has 25 heavy (non-hydrogen) atoms. The Balaban J connectivity index is 1.60. The summed E-state index contributed by atoms with van der Waals surface area (Å²) in [5.74, 6) is -3.48. The molecule has 132 valence electrons. The molecule has 2 fully saturated rings. The van der Waals surface area contributed by atoms with E-state index >= 15 is 0 Å². The molecule has 0 saturated heterocycles. The lowest BCUT2D eigenvalue weighted by atomic mass is 9.78. The lowest BCUT2D eigenvalue weighted by Crippen LogP contribution is -2.42. The number of halogens is 3. The summed E-state index contributed by atoms with van der Waals surface area (Å²) in [6.07, 6.45) is 2.25. The number of alkyl halides is 2. The van der Waals surface area contributed by atoms with E-state index in [-0.39, 0.29) is 11.7 Å². The fourth-order valence-electron chi connectivity index (χ4n) is 3.44. The van der Waals surface area contributed by atoms with E-state index in [1.165, 1.54) is 12.1 Å². The normalized spacial score (nSPS) is 20.0. The van der Waals surface area contributed by atoms with Crippen molar-refractivity contribution in [3.05, 3.63) is 35.6 Å². The van der Waals surface area contributed by atoms with Gasteiger partial charge in [-0.05, 0) is 43.0 Å². The lowest BCUT2D eigenvalue weighted by Gasteiger charge is -2.33. The van der Waals surface area contributed by atoms with Crippen LogP contribution in [0.2, 0.25) is 0 Å². The molecule has 1 aromatic heterocycles. The number of rotatable bonds is 4. The van der Waals surface area contributed by atoms with E-state index in [0.717, 1.165) is 36.1 Å². The first-order valence-electron chi connectivity index (χ1n) is 8.46. The maximum atomic E-state index is 13.2. The van der Waals surface area contributed by atoms with Crippen molar-refractivity contribution in [2.75, 3.05) is 5.32 Å². The van der Waals surface area contributed by atoms with Crippen molar-refractivity contribution < 1.29 is 18.0 Å². The van der Waals surface area contributed by atoms with Gasteiger partial charge in [-0.2, -0.15) is 5.10 Å². The monoisotopic (exact) mass is 349 g/mol. The van der Waals surface area contributed by atoms with Crippen LogP contribution >= 0.6 is 0 Å². The Morgan fingerprint density at radius 3 is 2.44 bits per heavy atom. The van der Waals surface area contributed by atoms with Crippen LogP contribution in [0.25, 0.3) is 11.3 Å². The van der Waals surface area contributed by atoms with Gasteiger partial charge in [0, 0.05) is 29.9 Å². The highest BCUT2D eigenvalue weighted by atomic mass is 19.3. The number of aromatic nitrogens is 2. The number of H-pyrrole nitrogens is 1. The minimum Gasteiger partial charge on any atom is -0.309 e. The zero-order chi connectivity index (χ0) is 17.6. The van der Waals surface area contributed by atoms with E-state index < -0.39 is 30.6 Å². The molecular weight excluding hydrogens is 331 g/mol. The van der Waals surface area contributed by atoms with Crippen LogP contribution in [0.3, 0.4) is 0 Å². The van der Waals surface area contributed by atoms with E-state index in [1.807, 2.05) is 0 Å². The molecule has 1 aromatic carbocycles. The van der Waals surface area contributed by atoms with Gasteiger partial charge in [0.25, 0.3) is 0 Å². The fourth-order valence-corrected chi connectivity index (χ4v) is 3.44. The van der Waals surface area contributed by atoms with Crippen LogP contribution in [-0.2, 0) is 4.79 Å². The summed E-state index contributed by atoms with van der Waals surface area (Å²) in [7, 11) is 0. The third-order valence-corrected chi connectivity index (χ3v) is 5.15. The number of nitrogens with zero attached hydrogens (tertiary/aromatic N) is 1. The van der Waals surface area contributed by atoms with Crippen LogP contribution in [-0.4, -0.2) is 22.0 Å². The smallest absolute Gasteiger partial charge is 0.249 e. The standard InChI is InChI=1S/C18H18F3N3O/c19-13-6-4-11(5-7-13)15-14(10-2-1-3-10)16(24-23-15)22-17(25)12-8-18(20,21)9-12/h4-7,10,12H,1-3,8-9H2,(H2,22,23,24,25). The molecule has 4 nitrogen and oxygen atoms in total. The van der Waals surface area contributed by atoms with E-state index in [0.29, 0.717) is 5.82 Å². The Morgan fingerprint density at radius 1 is 1.20 bits per heavy atom. The van der Waals surface area contributed by atoms with Gasteiger partial charge in [-0.3, -0.25) is 9.89 Å². The topological polar surface area (TPSA) is 57.8 Å². The number of amides is 1. The van der Waals surface area contributed by atoms with E-state index in [9.17, 15) is 18.0 Å². The van der Waals surface area contributed by atoms with Gasteiger partial charge in [0.2, 0.25) is 11.8 Å². The van der Waals surface area contributed by atoms with Crippen LogP contribution in [0.1, 0.15) is 43.6 Å². The van der Waals surface area contributed by atoms with Crippen molar-refractivity contribution in [1.29, 1.82) is 0 Å². The van der Waals surface area contributed by atoms with Crippen molar-refractivity contribution in [3.8, 4) is 11.3 Å². The van der Waals surface area contributed by atoms with Gasteiger partial charge >= 0.3 is 0 Å². The summed E-state index contributed by atoms with van der Waals surface area (Å²) in [4.78, 5) is 12.2. The minimum atomic E-state index is -2.73. The number of anilines is 1. The average Bonchev–Trinajstić information content (AvgIpc) is 2.87. The first kappa shape index (κ1) is 16.2. The Bertz CT molecular complexity index is 788. The highest BCUT2D eigenvalue weighted by molar-refractivity contribution is 5.94. The number of nitrogens with one attached hydrogen (secondary N) is 2. The maximum Gasteiger partial charge on any atom is 0.249 e. The fraction of sp³-hybridized carbons (Fsp3) is 0.444. The molecule has 4 rings (SSSR count). The van der Waals surface area contributed by atoms with E-state index in [1.54, 1.807) is 12.1 Å². The SMILES string of the molecule is O=C(Nc1n[nH]c(-c2ccc(F)cc2)c1C1CCC1)C1CC(F)(F)C1. The van der Waals surface area contributed by atoms with Gasteiger partial charge in [-0.15, -0.1) is 0 Å². The molecular formula is C18H18F3N3O. The third kappa shape index (κ3) is 3.03. The lowest BCUT2D eigenvalue weighted by molar-refractivity contribution is -0.145. The Hall–Kier alpha value is -2.31. The molecule has 7 heteroatoms. The quantitative estimate of drug-likeness (QED) is 0.856. The number of benzene rings is 1. The second-order valence-electron chi connectivity index (χ2n) is 6.95. The molecule has 2 aliphatic rings. The minimum absolute atomic E-state index is 0.261. The number of hydrogen-bond acceptors (Lipinski definition) is 2. The van der Waals surface area contributed by atoms with Gasteiger partial charge in [0.1, 0.15) is 5.82 Å². The first-order chi connectivity index (χ1) is 11.9. The zero-order valence-corrected chi connectivity index (χ0v) is 13.5. The van der Waals surface area contributed by atoms with Crippen molar-refractivity contribution in [1.82, 2.24) is 10.2 Å². The molecule has 0 atom stereocenters. The maximum absolute atomic E-state index is 13.2. The number of aromatic amines is 1. The number of carbonyl (C=O) groups excluding carboxylic acids is 1. The Kier molecular flexibility index (Phi) is 3.81. The predicted octanol–water partition coefficient (Wildman–Crippen LogP) is 4.47. The molecule has 0 bridgehead atoms. The average molecular weight is 349 g/mol. The van der Waals surface area contributed by atoms with Crippen molar-refractivity contribution >= 4 is 11.7 Å². The van der Waals surface area contributed by atoms with E-state index in [4.69, 9.17) is 0 Å². The third-order valence-electron chi connectivity index (χ3n) is 5.15. The molecule has 1 amide bonds. The van der Waals surface area contributed by atoms with Gasteiger partial charge in [0.05, 0.1) is 5.69 Å². The molecule has 0 unspecified atom stereocenters. The highest BCUT2D eigenvalue weighted by Gasteiger charge is 2.49. The van der Waals surface area contributed by atoms with Gasteiger partial charge in [0.15, 0.2) is 5.82 Å². The molecule has 2 N–H and O–H groups in total. The van der Waals surface area contributed by atoms with Gasteiger partial charge in [-0.25, -0.2) is 13.2 Å². The predicted molar refractivity (Wildman–Crippen MR) is 86.9 cm³/mol. The second kappa shape index (κ2) is 5.89.